The fourth-order valence-corrected chi connectivity index (χ4v) is 15.0. The molecule has 3 heterocycles. The lowest BCUT2D eigenvalue weighted by Crippen LogP contribution is -1.91. The van der Waals surface area contributed by atoms with Crippen molar-refractivity contribution < 1.29 is 0 Å². The summed E-state index contributed by atoms with van der Waals surface area (Å²) in [6, 6.07) is 82.0. The number of hydrogen-bond acceptors (Lipinski definition) is 3. The highest BCUT2D eigenvalue weighted by molar-refractivity contribution is 7.27. The highest BCUT2D eigenvalue weighted by atomic mass is 32.1. The number of hydrogen-bond donors (Lipinski definition) is 0. The topological polar surface area (TPSA) is 0 Å². The predicted octanol–water partition coefficient (Wildman–Crippen LogP) is 20.1. The molecule has 0 saturated heterocycles. The Kier molecular flexibility index (Phi) is 8.08. The Hall–Kier alpha value is -7.66. The van der Waals surface area contributed by atoms with Crippen molar-refractivity contribution in [2.75, 3.05) is 0 Å². The molecule has 15 rings (SSSR count). The summed E-state index contributed by atoms with van der Waals surface area (Å²) in [7, 11) is 0. The van der Waals surface area contributed by atoms with Crippen LogP contribution in [0.1, 0.15) is 0 Å². The largest absolute Gasteiger partial charge is 0.135 e. The van der Waals surface area contributed by atoms with Crippen molar-refractivity contribution in [3.05, 3.63) is 218 Å². The molecule has 0 spiro atoms. The van der Waals surface area contributed by atoms with Gasteiger partial charge in [-0.05, 0) is 118 Å². The molecule has 0 N–H and O–H groups in total. The molecule has 0 fully saturated rings. The lowest BCUT2D eigenvalue weighted by atomic mass is 9.84. The second-order valence-corrected chi connectivity index (χ2v) is 21.0. The van der Waals surface area contributed by atoms with Crippen molar-refractivity contribution >= 4 is 138 Å². The molecule has 0 aliphatic rings. The Balaban J connectivity index is 0.965. The van der Waals surface area contributed by atoms with Gasteiger partial charge in [-0.25, -0.2) is 0 Å². The van der Waals surface area contributed by atoms with Crippen molar-refractivity contribution in [3.8, 4) is 44.5 Å². The first-order valence-electron chi connectivity index (χ1n) is 22.9. The van der Waals surface area contributed by atoms with E-state index in [1.807, 2.05) is 34.0 Å². The smallest absolute Gasteiger partial charge is 0.0434 e. The first kappa shape index (κ1) is 37.5. The van der Waals surface area contributed by atoms with Gasteiger partial charge in [0, 0.05) is 66.1 Å². The highest BCUT2D eigenvalue weighted by Crippen LogP contribution is 2.52. The maximum atomic E-state index is 2.48. The molecule has 3 heteroatoms. The van der Waals surface area contributed by atoms with Crippen LogP contribution in [0.5, 0.6) is 0 Å². The van der Waals surface area contributed by atoms with E-state index in [1.54, 1.807) is 0 Å². The van der Waals surface area contributed by atoms with E-state index in [4.69, 9.17) is 0 Å². The molecule has 0 nitrogen and oxygen atoms in total. The van der Waals surface area contributed by atoms with E-state index in [9.17, 15) is 0 Å². The van der Waals surface area contributed by atoms with Gasteiger partial charge in [0.1, 0.15) is 0 Å². The second-order valence-electron chi connectivity index (χ2n) is 17.7. The van der Waals surface area contributed by atoms with E-state index < -0.39 is 0 Å². The zero-order chi connectivity index (χ0) is 43.7. The zero-order valence-electron chi connectivity index (χ0n) is 36.0. The number of benzene rings is 12. The van der Waals surface area contributed by atoms with E-state index in [0.29, 0.717) is 0 Å². The van der Waals surface area contributed by atoms with Crippen LogP contribution in [0.2, 0.25) is 0 Å². The third kappa shape index (κ3) is 5.39. The van der Waals surface area contributed by atoms with Gasteiger partial charge >= 0.3 is 0 Å². The first-order chi connectivity index (χ1) is 33.3. The molecule has 0 atom stereocenters. The Morgan fingerprint density at radius 2 is 0.552 bits per heavy atom. The van der Waals surface area contributed by atoms with Crippen LogP contribution in [0.3, 0.4) is 0 Å². The van der Waals surface area contributed by atoms with Crippen LogP contribution in [0, 0.1) is 0 Å². The third-order valence-corrected chi connectivity index (χ3v) is 17.8. The molecule has 0 bridgehead atoms. The fraction of sp³-hybridized carbons (Fsp3) is 0. The molecule has 0 radical (unpaired) electrons. The van der Waals surface area contributed by atoms with E-state index in [1.165, 1.54) is 148 Å². The van der Waals surface area contributed by atoms with Gasteiger partial charge < -0.3 is 0 Å². The summed E-state index contributed by atoms with van der Waals surface area (Å²) >= 11 is 5.69. The molecule has 310 valence electrons. The Labute approximate surface area is 397 Å². The minimum absolute atomic E-state index is 1.24. The Morgan fingerprint density at radius 1 is 0.209 bits per heavy atom. The molecule has 0 aliphatic carbocycles. The molecule has 15 aromatic rings. The summed E-state index contributed by atoms with van der Waals surface area (Å²) in [5.74, 6) is 0. The van der Waals surface area contributed by atoms with Crippen LogP contribution < -0.4 is 0 Å². The van der Waals surface area contributed by atoms with Gasteiger partial charge in [-0.1, -0.05) is 182 Å². The van der Waals surface area contributed by atoms with E-state index in [2.05, 4.69) is 218 Å². The van der Waals surface area contributed by atoms with Crippen molar-refractivity contribution in [3.63, 3.8) is 0 Å². The van der Waals surface area contributed by atoms with Gasteiger partial charge in [-0.3, -0.25) is 0 Å². The van der Waals surface area contributed by atoms with Gasteiger partial charge in [0.05, 0.1) is 0 Å². The molecule has 3 aromatic heterocycles. The summed E-state index contributed by atoms with van der Waals surface area (Å²) in [5.41, 5.74) is 10.3. The highest BCUT2D eigenvalue weighted by Gasteiger charge is 2.23. The minimum Gasteiger partial charge on any atom is -0.135 e. The van der Waals surface area contributed by atoms with E-state index >= 15 is 0 Å². The summed E-state index contributed by atoms with van der Waals surface area (Å²) in [6.07, 6.45) is 0. The molecule has 12 aromatic carbocycles. The standard InChI is InChI=1S/C64H36S3/c1-3-18-40-38(16-1)58(39-17-2-4-19-41(39)59(40)49-27-14-32-56-62(49)47-24-9-11-30-53(47)65-56)37-34-35-55-52(36-37)46-26-13-29-51(64(46)67-55)61-44-22-7-5-20-42(44)60(43-21-6-8-23-45(43)61)50-28-15-33-57-63(50)48-25-10-12-31-54(48)66-57/h1-36H. The molecule has 0 aliphatic heterocycles. The zero-order valence-corrected chi connectivity index (χ0v) is 38.5. The summed E-state index contributed by atoms with van der Waals surface area (Å²) in [4.78, 5) is 0. The third-order valence-electron chi connectivity index (χ3n) is 14.3. The van der Waals surface area contributed by atoms with Gasteiger partial charge in [0.15, 0.2) is 0 Å². The normalized spacial score (nSPS) is 12.2. The molecule has 0 unspecified atom stereocenters. The fourth-order valence-electron chi connectivity index (χ4n) is 11.6. The molecule has 67 heavy (non-hydrogen) atoms. The van der Waals surface area contributed by atoms with Crippen LogP contribution in [0.15, 0.2) is 218 Å². The van der Waals surface area contributed by atoms with Crippen LogP contribution in [0.25, 0.3) is 148 Å². The number of rotatable bonds is 4. The average Bonchev–Trinajstić information content (AvgIpc) is 4.09. The lowest BCUT2D eigenvalue weighted by Gasteiger charge is -2.19. The predicted molar refractivity (Wildman–Crippen MR) is 297 cm³/mol. The van der Waals surface area contributed by atoms with Gasteiger partial charge in [-0.2, -0.15) is 0 Å². The number of thiophene rings is 3. The average molecular weight is 901 g/mol. The van der Waals surface area contributed by atoms with Gasteiger partial charge in [0.25, 0.3) is 0 Å². The van der Waals surface area contributed by atoms with Gasteiger partial charge in [0.2, 0.25) is 0 Å². The Bertz CT molecular complexity index is 4460. The van der Waals surface area contributed by atoms with Gasteiger partial charge in [-0.15, -0.1) is 34.0 Å². The monoisotopic (exact) mass is 900 g/mol. The maximum absolute atomic E-state index is 2.48. The second kappa shape index (κ2) is 14.4. The first-order valence-corrected chi connectivity index (χ1v) is 25.4. The van der Waals surface area contributed by atoms with Crippen molar-refractivity contribution in [1.29, 1.82) is 0 Å². The van der Waals surface area contributed by atoms with Crippen LogP contribution in [-0.2, 0) is 0 Å². The Morgan fingerprint density at radius 3 is 1.03 bits per heavy atom. The lowest BCUT2D eigenvalue weighted by molar-refractivity contribution is 1.70. The molecular weight excluding hydrogens is 865 g/mol. The molecule has 0 amide bonds. The summed E-state index contributed by atoms with van der Waals surface area (Å²) < 4.78 is 7.93. The summed E-state index contributed by atoms with van der Waals surface area (Å²) in [6.45, 7) is 0. The van der Waals surface area contributed by atoms with Crippen LogP contribution in [0.4, 0.5) is 0 Å². The quantitative estimate of drug-likeness (QED) is 0.154. The SMILES string of the molecule is c1ccc2c(c1)sc1cccc(-c3c4ccccc4c(-c4ccc5sc6c(-c7c8ccccc8c(-c8cccc9sc%10ccccc%10c89)c8ccccc78)cccc6c5c4)c4ccccc34)c12. The van der Waals surface area contributed by atoms with E-state index in [0.717, 1.165) is 0 Å². The maximum Gasteiger partial charge on any atom is 0.0434 e. The van der Waals surface area contributed by atoms with E-state index in [-0.39, 0.29) is 0 Å². The molecule has 0 saturated carbocycles. The van der Waals surface area contributed by atoms with Crippen molar-refractivity contribution in [2.24, 2.45) is 0 Å². The van der Waals surface area contributed by atoms with Crippen molar-refractivity contribution in [1.82, 2.24) is 0 Å². The minimum atomic E-state index is 1.24. The molecular formula is C64H36S3. The number of fused-ring (bicyclic) bond motifs is 13. The van der Waals surface area contributed by atoms with Crippen LogP contribution in [-0.4, -0.2) is 0 Å². The van der Waals surface area contributed by atoms with Crippen LogP contribution >= 0.6 is 34.0 Å². The van der Waals surface area contributed by atoms with Crippen molar-refractivity contribution in [2.45, 2.75) is 0 Å². The summed E-state index contributed by atoms with van der Waals surface area (Å²) in [5, 5.41) is 18.2.